The van der Waals surface area contributed by atoms with E-state index >= 15 is 0 Å². The minimum Gasteiger partial charge on any atom is -0.508 e. The summed E-state index contributed by atoms with van der Waals surface area (Å²) in [4.78, 5) is 0. The Morgan fingerprint density at radius 3 is 2.17 bits per heavy atom. The second-order valence-corrected chi connectivity index (χ2v) is 3.81. The summed E-state index contributed by atoms with van der Waals surface area (Å²) < 4.78 is 0. The summed E-state index contributed by atoms with van der Waals surface area (Å²) in [5.41, 5.74) is 2.03. The van der Waals surface area contributed by atoms with Gasteiger partial charge in [0.25, 0.3) is 0 Å². The molecule has 2 aromatic carbocycles. The molecule has 0 heterocycles. The Kier molecular flexibility index (Phi) is 3.31. The molecule has 3 nitrogen and oxygen atoms in total. The normalized spacial score (nSPS) is 10.4. The number of rotatable bonds is 2. The first-order valence-electron chi connectivity index (χ1n) is 5.39. The quantitative estimate of drug-likeness (QED) is 0.788. The summed E-state index contributed by atoms with van der Waals surface area (Å²) in [6.45, 7) is 0. The third-order valence-corrected chi connectivity index (χ3v) is 2.50. The van der Waals surface area contributed by atoms with Crippen molar-refractivity contribution in [2.24, 2.45) is 0 Å². The van der Waals surface area contributed by atoms with Crippen LogP contribution in [0.3, 0.4) is 0 Å². The third-order valence-electron chi connectivity index (χ3n) is 2.50. The Balaban J connectivity index is 2.24. The van der Waals surface area contributed by atoms with Crippen LogP contribution in [0.4, 0.5) is 0 Å². The number of nitrogens with zero attached hydrogens (tertiary/aromatic N) is 1. The van der Waals surface area contributed by atoms with E-state index < -0.39 is 0 Å². The van der Waals surface area contributed by atoms with Crippen LogP contribution < -0.4 is 0 Å². The fourth-order valence-corrected chi connectivity index (χ4v) is 1.52. The summed E-state index contributed by atoms with van der Waals surface area (Å²) in [7, 11) is 0. The average molecular weight is 237 g/mol. The predicted molar refractivity (Wildman–Crippen MR) is 69.9 cm³/mol. The van der Waals surface area contributed by atoms with E-state index in [4.69, 9.17) is 10.4 Å². The molecule has 18 heavy (non-hydrogen) atoms. The molecule has 2 N–H and O–H groups in total. The number of aromatic hydroxyl groups is 2. The van der Waals surface area contributed by atoms with Gasteiger partial charge in [0, 0.05) is 0 Å². The van der Waals surface area contributed by atoms with Crippen LogP contribution in [0.25, 0.3) is 12.2 Å². The van der Waals surface area contributed by atoms with Crippen molar-refractivity contribution in [1.29, 1.82) is 5.26 Å². The fourth-order valence-electron chi connectivity index (χ4n) is 1.52. The first-order chi connectivity index (χ1) is 8.69. The van der Waals surface area contributed by atoms with E-state index in [0.717, 1.165) is 11.1 Å². The monoisotopic (exact) mass is 237 g/mol. The van der Waals surface area contributed by atoms with Crippen molar-refractivity contribution < 1.29 is 10.2 Å². The number of hydrogen-bond donors (Lipinski definition) is 2. The van der Waals surface area contributed by atoms with E-state index in [2.05, 4.69) is 0 Å². The Morgan fingerprint density at radius 2 is 1.50 bits per heavy atom. The molecule has 0 aliphatic rings. The van der Waals surface area contributed by atoms with Crippen LogP contribution in [0.2, 0.25) is 0 Å². The van der Waals surface area contributed by atoms with Gasteiger partial charge in [-0.15, -0.1) is 0 Å². The van der Waals surface area contributed by atoms with Gasteiger partial charge in [-0.25, -0.2) is 0 Å². The van der Waals surface area contributed by atoms with Crippen molar-refractivity contribution in [3.05, 3.63) is 59.2 Å². The van der Waals surface area contributed by atoms with Gasteiger partial charge in [0.15, 0.2) is 0 Å². The third kappa shape index (κ3) is 2.69. The first kappa shape index (κ1) is 11.7. The molecule has 0 unspecified atom stereocenters. The Morgan fingerprint density at radius 1 is 0.889 bits per heavy atom. The van der Waals surface area contributed by atoms with E-state index in [0.29, 0.717) is 0 Å². The number of benzene rings is 2. The SMILES string of the molecule is N#Cc1cc(C=Cc2ccc(O)cc2)ccc1O. The summed E-state index contributed by atoms with van der Waals surface area (Å²) in [5.74, 6) is 0.211. The van der Waals surface area contributed by atoms with E-state index in [1.807, 2.05) is 18.2 Å². The highest BCUT2D eigenvalue weighted by molar-refractivity contribution is 5.71. The highest BCUT2D eigenvalue weighted by atomic mass is 16.3. The molecule has 0 aliphatic heterocycles. The summed E-state index contributed by atoms with van der Waals surface area (Å²) in [6.07, 6.45) is 3.71. The fraction of sp³-hybridized carbons (Fsp3) is 0. The largest absolute Gasteiger partial charge is 0.508 e. The number of phenolic OH excluding ortho intramolecular Hbond substituents is 2. The molecule has 0 amide bonds. The molecular weight excluding hydrogens is 226 g/mol. The molecule has 0 aromatic heterocycles. The molecule has 2 rings (SSSR count). The number of nitriles is 1. The van der Waals surface area contributed by atoms with Gasteiger partial charge in [-0.05, 0) is 35.4 Å². The van der Waals surface area contributed by atoms with Crippen LogP contribution in [0.5, 0.6) is 11.5 Å². The van der Waals surface area contributed by atoms with Crippen LogP contribution >= 0.6 is 0 Å². The van der Waals surface area contributed by atoms with E-state index in [1.165, 1.54) is 6.07 Å². The maximum Gasteiger partial charge on any atom is 0.133 e. The zero-order valence-corrected chi connectivity index (χ0v) is 9.54. The Labute approximate surface area is 105 Å². The van der Waals surface area contributed by atoms with Gasteiger partial charge >= 0.3 is 0 Å². The summed E-state index contributed by atoms with van der Waals surface area (Å²) in [5, 5.41) is 27.3. The lowest BCUT2D eigenvalue weighted by Gasteiger charge is -1.98. The maximum atomic E-state index is 9.38. The van der Waals surface area contributed by atoms with Crippen molar-refractivity contribution in [1.82, 2.24) is 0 Å². The van der Waals surface area contributed by atoms with Gasteiger partial charge in [0.2, 0.25) is 0 Å². The molecule has 0 spiro atoms. The molecule has 3 heteroatoms. The molecule has 0 saturated carbocycles. The summed E-state index contributed by atoms with van der Waals surface area (Å²) in [6, 6.07) is 13.6. The van der Waals surface area contributed by atoms with Crippen LogP contribution in [-0.4, -0.2) is 10.2 Å². The molecular formula is C15H11NO2. The lowest BCUT2D eigenvalue weighted by Crippen LogP contribution is -1.79. The summed E-state index contributed by atoms with van der Waals surface area (Å²) >= 11 is 0. The van der Waals surface area contributed by atoms with Crippen LogP contribution in [0.1, 0.15) is 16.7 Å². The maximum absolute atomic E-state index is 9.38. The molecule has 0 fully saturated rings. The van der Waals surface area contributed by atoms with Crippen LogP contribution in [0, 0.1) is 11.3 Å². The Hall–Kier alpha value is -2.73. The van der Waals surface area contributed by atoms with Gasteiger partial charge in [-0.3, -0.25) is 0 Å². The van der Waals surface area contributed by atoms with Crippen LogP contribution in [-0.2, 0) is 0 Å². The zero-order valence-electron chi connectivity index (χ0n) is 9.54. The lowest BCUT2D eigenvalue weighted by atomic mass is 10.1. The molecule has 0 bridgehead atoms. The van der Waals surface area contributed by atoms with Crippen LogP contribution in [0.15, 0.2) is 42.5 Å². The lowest BCUT2D eigenvalue weighted by molar-refractivity contribution is 0.473. The highest BCUT2D eigenvalue weighted by Crippen LogP contribution is 2.19. The van der Waals surface area contributed by atoms with Crippen molar-refractivity contribution in [2.75, 3.05) is 0 Å². The smallest absolute Gasteiger partial charge is 0.133 e. The first-order valence-corrected chi connectivity index (χ1v) is 5.39. The van der Waals surface area contributed by atoms with Gasteiger partial charge in [-0.1, -0.05) is 30.4 Å². The number of hydrogen-bond acceptors (Lipinski definition) is 3. The van der Waals surface area contributed by atoms with Crippen molar-refractivity contribution >= 4 is 12.2 Å². The van der Waals surface area contributed by atoms with Gasteiger partial charge < -0.3 is 10.2 Å². The van der Waals surface area contributed by atoms with E-state index in [-0.39, 0.29) is 17.1 Å². The molecule has 0 atom stereocenters. The van der Waals surface area contributed by atoms with Gasteiger partial charge in [-0.2, -0.15) is 5.26 Å². The molecule has 0 aliphatic carbocycles. The minimum absolute atomic E-state index is 0.0146. The van der Waals surface area contributed by atoms with Crippen molar-refractivity contribution in [3.63, 3.8) is 0 Å². The van der Waals surface area contributed by atoms with Gasteiger partial charge in [0.05, 0.1) is 5.56 Å². The Bertz CT molecular complexity index is 622. The van der Waals surface area contributed by atoms with E-state index in [1.54, 1.807) is 36.4 Å². The van der Waals surface area contributed by atoms with Crippen molar-refractivity contribution in [2.45, 2.75) is 0 Å². The highest BCUT2D eigenvalue weighted by Gasteiger charge is 1.99. The standard InChI is InChI=1S/C15H11NO2/c16-10-13-9-12(5-8-15(13)18)2-1-11-3-6-14(17)7-4-11/h1-9,17-18H. The molecule has 2 aromatic rings. The number of phenols is 2. The minimum atomic E-state index is -0.0146. The zero-order chi connectivity index (χ0) is 13.0. The second kappa shape index (κ2) is 5.07. The second-order valence-electron chi connectivity index (χ2n) is 3.81. The average Bonchev–Trinajstić information content (AvgIpc) is 2.39. The molecule has 0 saturated heterocycles. The van der Waals surface area contributed by atoms with Crippen molar-refractivity contribution in [3.8, 4) is 17.6 Å². The molecule has 0 radical (unpaired) electrons. The van der Waals surface area contributed by atoms with Gasteiger partial charge in [0.1, 0.15) is 17.6 Å². The predicted octanol–water partition coefficient (Wildman–Crippen LogP) is 3.14. The molecule has 88 valence electrons. The van der Waals surface area contributed by atoms with E-state index in [9.17, 15) is 5.11 Å². The topological polar surface area (TPSA) is 64.2 Å².